The normalized spacial score (nSPS) is 12.3. The van der Waals surface area contributed by atoms with Crippen LogP contribution in [0, 0.1) is 0 Å². The van der Waals surface area contributed by atoms with E-state index in [1.54, 1.807) is 7.05 Å². The summed E-state index contributed by atoms with van der Waals surface area (Å²) in [7, 11) is 1.78. The monoisotopic (exact) mass is 357 g/mol. The van der Waals surface area contributed by atoms with Crippen LogP contribution in [0.15, 0.2) is 4.99 Å². The zero-order valence-corrected chi connectivity index (χ0v) is 14.3. The van der Waals surface area contributed by atoms with Crippen LogP contribution in [0.25, 0.3) is 0 Å². The Bertz CT molecular complexity index is 212. The topological polar surface area (TPSA) is 45.7 Å². The summed E-state index contributed by atoms with van der Waals surface area (Å²) in [5, 5.41) is 6.56. The van der Waals surface area contributed by atoms with E-state index in [0.29, 0.717) is 6.10 Å². The Balaban J connectivity index is 0. The van der Waals surface area contributed by atoms with E-state index in [1.165, 1.54) is 0 Å². The van der Waals surface area contributed by atoms with Gasteiger partial charge < -0.3 is 15.4 Å². The molecule has 0 unspecified atom stereocenters. The van der Waals surface area contributed by atoms with Gasteiger partial charge in [0, 0.05) is 25.7 Å². The summed E-state index contributed by atoms with van der Waals surface area (Å²) in [5.74, 6) is 0.844. The molecule has 2 N–H and O–H groups in total. The molecule has 104 valence electrons. The van der Waals surface area contributed by atoms with E-state index < -0.39 is 0 Å². The number of rotatable bonds is 5. The van der Waals surface area contributed by atoms with Gasteiger partial charge in [-0.15, -0.1) is 24.0 Å². The molecule has 0 amide bonds. The van der Waals surface area contributed by atoms with Crippen LogP contribution >= 0.6 is 24.0 Å². The fourth-order valence-electron chi connectivity index (χ4n) is 1.13. The van der Waals surface area contributed by atoms with Crippen molar-refractivity contribution < 1.29 is 4.74 Å². The van der Waals surface area contributed by atoms with E-state index in [-0.39, 0.29) is 29.5 Å². The van der Waals surface area contributed by atoms with E-state index in [0.717, 1.165) is 25.5 Å². The van der Waals surface area contributed by atoms with Gasteiger partial charge in [0.1, 0.15) is 0 Å². The summed E-state index contributed by atoms with van der Waals surface area (Å²) in [6.45, 7) is 12.1. The molecule has 17 heavy (non-hydrogen) atoms. The average molecular weight is 357 g/mol. The minimum absolute atomic E-state index is 0. The summed E-state index contributed by atoms with van der Waals surface area (Å²) < 4.78 is 5.46. The zero-order chi connectivity index (χ0) is 12.6. The fraction of sp³-hybridized carbons (Fsp3) is 0.917. The molecular weight excluding hydrogens is 329 g/mol. The van der Waals surface area contributed by atoms with Crippen LogP contribution in [0.5, 0.6) is 0 Å². The second kappa shape index (κ2) is 9.94. The van der Waals surface area contributed by atoms with Crippen LogP contribution in [0.4, 0.5) is 0 Å². The highest BCUT2D eigenvalue weighted by atomic mass is 127. The second-order valence-electron chi connectivity index (χ2n) is 5.15. The van der Waals surface area contributed by atoms with Gasteiger partial charge in [0.2, 0.25) is 0 Å². The van der Waals surface area contributed by atoms with Gasteiger partial charge in [0.05, 0.1) is 6.10 Å². The molecule has 0 fully saturated rings. The third-order valence-electron chi connectivity index (χ3n) is 1.78. The van der Waals surface area contributed by atoms with Gasteiger partial charge in [-0.1, -0.05) is 0 Å². The zero-order valence-electron chi connectivity index (χ0n) is 12.0. The molecule has 0 heterocycles. The highest BCUT2D eigenvalue weighted by Gasteiger charge is 2.10. The van der Waals surface area contributed by atoms with E-state index >= 15 is 0 Å². The van der Waals surface area contributed by atoms with Crippen LogP contribution in [-0.2, 0) is 4.74 Å². The predicted octanol–water partition coefficient (Wildman–Crippen LogP) is 2.38. The van der Waals surface area contributed by atoms with Crippen molar-refractivity contribution in [3.8, 4) is 0 Å². The summed E-state index contributed by atoms with van der Waals surface area (Å²) in [5.41, 5.74) is 0.0380. The van der Waals surface area contributed by atoms with Crippen molar-refractivity contribution in [2.24, 2.45) is 4.99 Å². The lowest BCUT2D eigenvalue weighted by Crippen LogP contribution is -2.47. The molecule has 0 aliphatic rings. The van der Waals surface area contributed by atoms with E-state index in [9.17, 15) is 0 Å². The van der Waals surface area contributed by atoms with Gasteiger partial charge >= 0.3 is 0 Å². The smallest absolute Gasteiger partial charge is 0.191 e. The van der Waals surface area contributed by atoms with Crippen molar-refractivity contribution in [3.05, 3.63) is 0 Å². The number of ether oxygens (including phenoxy) is 1. The number of hydrogen-bond acceptors (Lipinski definition) is 2. The first-order chi connectivity index (χ1) is 7.35. The minimum atomic E-state index is 0. The van der Waals surface area contributed by atoms with Gasteiger partial charge in [-0.05, 0) is 41.0 Å². The summed E-state index contributed by atoms with van der Waals surface area (Å²) in [6.07, 6.45) is 1.30. The quantitative estimate of drug-likeness (QED) is 0.344. The molecule has 4 nitrogen and oxygen atoms in total. The molecule has 0 aliphatic carbocycles. The average Bonchev–Trinajstić information content (AvgIpc) is 2.13. The highest BCUT2D eigenvalue weighted by molar-refractivity contribution is 14.0. The molecule has 0 aromatic rings. The van der Waals surface area contributed by atoms with Crippen LogP contribution in [0.1, 0.15) is 41.0 Å². The number of nitrogens with one attached hydrogen (secondary N) is 2. The van der Waals surface area contributed by atoms with Crippen LogP contribution < -0.4 is 10.6 Å². The van der Waals surface area contributed by atoms with Crippen molar-refractivity contribution >= 4 is 29.9 Å². The highest BCUT2D eigenvalue weighted by Crippen LogP contribution is 1.97. The van der Waals surface area contributed by atoms with Gasteiger partial charge in [-0.2, -0.15) is 0 Å². The lowest BCUT2D eigenvalue weighted by molar-refractivity contribution is 0.0776. The summed E-state index contributed by atoms with van der Waals surface area (Å²) in [4.78, 5) is 4.16. The van der Waals surface area contributed by atoms with Crippen molar-refractivity contribution in [1.29, 1.82) is 0 Å². The fourth-order valence-corrected chi connectivity index (χ4v) is 1.13. The van der Waals surface area contributed by atoms with Gasteiger partial charge in [0.15, 0.2) is 5.96 Å². The predicted molar refractivity (Wildman–Crippen MR) is 85.4 cm³/mol. The molecule has 0 saturated carbocycles. The Hall–Kier alpha value is -0.0400. The Morgan fingerprint density at radius 2 is 1.88 bits per heavy atom. The van der Waals surface area contributed by atoms with Crippen molar-refractivity contribution in [3.63, 3.8) is 0 Å². The minimum Gasteiger partial charge on any atom is -0.379 e. The maximum absolute atomic E-state index is 5.46. The summed E-state index contributed by atoms with van der Waals surface area (Å²) in [6, 6.07) is 0. The maximum atomic E-state index is 5.46. The molecule has 5 heteroatoms. The summed E-state index contributed by atoms with van der Waals surface area (Å²) >= 11 is 0. The van der Waals surface area contributed by atoms with E-state index in [4.69, 9.17) is 4.74 Å². The van der Waals surface area contributed by atoms with Crippen LogP contribution in [0.2, 0.25) is 0 Å². The number of guanidine groups is 1. The number of aliphatic imine (C=N–C) groups is 1. The van der Waals surface area contributed by atoms with Crippen LogP contribution in [-0.4, -0.2) is 37.8 Å². The van der Waals surface area contributed by atoms with Gasteiger partial charge in [-0.25, -0.2) is 0 Å². The van der Waals surface area contributed by atoms with Gasteiger partial charge in [0.25, 0.3) is 0 Å². The first-order valence-corrected chi connectivity index (χ1v) is 5.95. The maximum Gasteiger partial charge on any atom is 0.191 e. The Kier molecular flexibility index (Phi) is 11.3. The lowest BCUT2D eigenvalue weighted by atomic mass is 10.1. The van der Waals surface area contributed by atoms with Crippen molar-refractivity contribution in [2.75, 3.05) is 20.2 Å². The molecule has 0 rings (SSSR count). The number of hydrogen-bond donors (Lipinski definition) is 2. The lowest BCUT2D eigenvalue weighted by Gasteiger charge is -2.23. The molecule has 0 spiro atoms. The van der Waals surface area contributed by atoms with E-state index in [2.05, 4.69) is 36.4 Å². The molecule has 0 bridgehead atoms. The molecule has 0 radical (unpaired) electrons. The first-order valence-electron chi connectivity index (χ1n) is 5.95. The molecule has 0 saturated heterocycles. The third-order valence-corrected chi connectivity index (χ3v) is 1.78. The van der Waals surface area contributed by atoms with Crippen molar-refractivity contribution in [1.82, 2.24) is 10.6 Å². The molecule has 0 aliphatic heterocycles. The van der Waals surface area contributed by atoms with E-state index in [1.807, 2.05) is 13.8 Å². The molecule has 0 aromatic heterocycles. The largest absolute Gasteiger partial charge is 0.379 e. The number of halogens is 1. The third kappa shape index (κ3) is 13.9. The molecule has 0 atom stereocenters. The first kappa shape index (κ1) is 19.3. The van der Waals surface area contributed by atoms with Gasteiger partial charge in [-0.3, -0.25) is 4.99 Å². The SMILES string of the molecule is CN=C(NCCCOC(C)C)NC(C)(C)C.I. The van der Waals surface area contributed by atoms with Crippen molar-refractivity contribution in [2.45, 2.75) is 52.7 Å². The molecule has 0 aromatic carbocycles. The Morgan fingerprint density at radius 3 is 2.29 bits per heavy atom. The standard InChI is InChI=1S/C12H27N3O.HI/c1-10(2)16-9-7-8-14-11(13-6)15-12(3,4)5;/h10H,7-9H2,1-6H3,(H2,13,14,15);1H. The Labute approximate surface area is 123 Å². The Morgan fingerprint density at radius 1 is 1.29 bits per heavy atom. The number of nitrogens with zero attached hydrogens (tertiary/aromatic N) is 1. The van der Waals surface area contributed by atoms with Crippen LogP contribution in [0.3, 0.4) is 0 Å². The second-order valence-corrected chi connectivity index (χ2v) is 5.15. The molecular formula is C12H28IN3O.